The molecule has 2 N–H and O–H groups in total. The number of piperidine rings is 2. The van der Waals surface area contributed by atoms with Gasteiger partial charge in [0.05, 0.1) is 0 Å². The Morgan fingerprint density at radius 3 is 1.59 bits per heavy atom. The number of likely N-dealkylation sites (tertiary alicyclic amines) is 2. The fourth-order valence-corrected chi connectivity index (χ4v) is 5.14. The highest BCUT2D eigenvalue weighted by atomic mass is 16.2. The molecule has 0 saturated carbocycles. The Labute approximate surface area is 193 Å². The molecule has 5 heteroatoms. The monoisotopic (exact) mass is 434 g/mol. The Balaban J connectivity index is 1.13. The zero-order chi connectivity index (χ0) is 22.0. The number of carbonyl (C=O) groups excluding carboxylic acids is 1. The number of nitrogens with zero attached hydrogens (tertiary/aromatic N) is 2. The van der Waals surface area contributed by atoms with E-state index in [1.54, 1.807) is 0 Å². The van der Waals surface area contributed by atoms with Gasteiger partial charge in [-0.15, -0.1) is 0 Å². The fourth-order valence-electron chi connectivity index (χ4n) is 5.14. The Kier molecular flexibility index (Phi) is 8.57. The Hall–Kier alpha value is -2.37. The first-order valence-electron chi connectivity index (χ1n) is 12.3. The summed E-state index contributed by atoms with van der Waals surface area (Å²) in [4.78, 5) is 17.5. The summed E-state index contributed by atoms with van der Waals surface area (Å²) < 4.78 is 0. The van der Waals surface area contributed by atoms with Gasteiger partial charge in [0, 0.05) is 39.3 Å². The lowest BCUT2D eigenvalue weighted by Crippen LogP contribution is -2.46. The molecule has 2 unspecified atom stereocenters. The molecule has 4 rings (SSSR count). The van der Waals surface area contributed by atoms with Gasteiger partial charge in [0.1, 0.15) is 0 Å². The summed E-state index contributed by atoms with van der Waals surface area (Å²) >= 11 is 0. The summed E-state index contributed by atoms with van der Waals surface area (Å²) in [5.41, 5.74) is 2.74. The molecule has 2 heterocycles. The first-order chi connectivity index (χ1) is 15.7. The number of amides is 2. The number of benzene rings is 2. The van der Waals surface area contributed by atoms with Gasteiger partial charge < -0.3 is 10.6 Å². The van der Waals surface area contributed by atoms with E-state index < -0.39 is 0 Å². The third kappa shape index (κ3) is 7.35. The third-order valence-corrected chi connectivity index (χ3v) is 6.81. The first kappa shape index (κ1) is 22.8. The van der Waals surface area contributed by atoms with E-state index in [2.05, 4.69) is 81.1 Å². The molecule has 32 heavy (non-hydrogen) atoms. The lowest BCUT2D eigenvalue weighted by molar-refractivity contribution is 0.160. The van der Waals surface area contributed by atoms with Crippen molar-refractivity contribution < 1.29 is 4.79 Å². The molecule has 0 radical (unpaired) electrons. The normalized spacial score (nSPS) is 22.4. The van der Waals surface area contributed by atoms with Crippen LogP contribution in [0.3, 0.4) is 0 Å². The molecule has 5 nitrogen and oxygen atoms in total. The number of carbonyl (C=O) groups is 1. The van der Waals surface area contributed by atoms with Crippen molar-refractivity contribution in [2.45, 2.75) is 38.8 Å². The summed E-state index contributed by atoms with van der Waals surface area (Å²) in [6.45, 7) is 7.97. The molecule has 2 aliphatic rings. The summed E-state index contributed by atoms with van der Waals surface area (Å²) in [7, 11) is 0. The van der Waals surface area contributed by atoms with E-state index in [4.69, 9.17) is 0 Å². The lowest BCUT2D eigenvalue weighted by atomic mass is 9.97. The van der Waals surface area contributed by atoms with Crippen molar-refractivity contribution in [2.24, 2.45) is 11.8 Å². The van der Waals surface area contributed by atoms with Crippen LogP contribution in [0.2, 0.25) is 0 Å². The van der Waals surface area contributed by atoms with Gasteiger partial charge in [-0.2, -0.15) is 0 Å². The molecule has 2 amide bonds. The molecule has 2 atom stereocenters. The van der Waals surface area contributed by atoms with Crippen molar-refractivity contribution in [2.75, 3.05) is 39.3 Å². The minimum atomic E-state index is -0.00892. The highest BCUT2D eigenvalue weighted by molar-refractivity contribution is 5.73. The van der Waals surface area contributed by atoms with Gasteiger partial charge in [-0.1, -0.05) is 60.7 Å². The molecule has 2 fully saturated rings. The van der Waals surface area contributed by atoms with Crippen LogP contribution < -0.4 is 10.6 Å². The van der Waals surface area contributed by atoms with Crippen molar-refractivity contribution in [1.82, 2.24) is 20.4 Å². The van der Waals surface area contributed by atoms with Crippen molar-refractivity contribution in [3.05, 3.63) is 71.8 Å². The summed E-state index contributed by atoms with van der Waals surface area (Å²) in [6, 6.07) is 21.3. The largest absolute Gasteiger partial charge is 0.338 e. The van der Waals surface area contributed by atoms with Crippen LogP contribution in [-0.2, 0) is 13.1 Å². The Morgan fingerprint density at radius 2 is 1.16 bits per heavy atom. The van der Waals surface area contributed by atoms with Crippen LogP contribution in [0.15, 0.2) is 60.7 Å². The number of nitrogens with one attached hydrogen (secondary N) is 2. The number of hydrogen-bond acceptors (Lipinski definition) is 3. The van der Waals surface area contributed by atoms with Gasteiger partial charge in [-0.05, 0) is 61.7 Å². The maximum absolute atomic E-state index is 12.4. The smallest absolute Gasteiger partial charge is 0.314 e. The SMILES string of the molecule is O=C(NCC1CCCN(Cc2ccccc2)C1)NCC1CCCN(Cc2ccccc2)C1. The zero-order valence-electron chi connectivity index (χ0n) is 19.2. The number of rotatable bonds is 8. The molecular formula is C27H38N4O. The molecule has 2 aromatic rings. The molecule has 2 aliphatic heterocycles. The van der Waals surface area contributed by atoms with Crippen molar-refractivity contribution in [3.8, 4) is 0 Å². The Bertz CT molecular complexity index is 745. The molecule has 0 aromatic heterocycles. The van der Waals surface area contributed by atoms with Gasteiger partial charge in [-0.3, -0.25) is 9.80 Å². The summed E-state index contributed by atoms with van der Waals surface area (Å²) in [5.74, 6) is 1.07. The second-order valence-corrected chi connectivity index (χ2v) is 9.55. The third-order valence-electron chi connectivity index (χ3n) is 6.81. The lowest BCUT2D eigenvalue weighted by Gasteiger charge is -2.33. The van der Waals surface area contributed by atoms with Crippen LogP contribution in [0.5, 0.6) is 0 Å². The molecule has 2 saturated heterocycles. The van der Waals surface area contributed by atoms with E-state index >= 15 is 0 Å². The Morgan fingerprint density at radius 1 is 0.719 bits per heavy atom. The van der Waals surface area contributed by atoms with Gasteiger partial charge in [0.15, 0.2) is 0 Å². The van der Waals surface area contributed by atoms with E-state index in [1.165, 1.54) is 36.8 Å². The highest BCUT2D eigenvalue weighted by Crippen LogP contribution is 2.19. The number of urea groups is 1. The molecule has 0 bridgehead atoms. The second kappa shape index (κ2) is 12.0. The van der Waals surface area contributed by atoms with Gasteiger partial charge >= 0.3 is 6.03 Å². The average Bonchev–Trinajstić information content (AvgIpc) is 2.83. The van der Waals surface area contributed by atoms with Crippen LogP contribution in [0.1, 0.15) is 36.8 Å². The molecule has 2 aromatic carbocycles. The van der Waals surface area contributed by atoms with Crippen LogP contribution in [-0.4, -0.2) is 55.1 Å². The highest BCUT2D eigenvalue weighted by Gasteiger charge is 2.22. The predicted octanol–water partition coefficient (Wildman–Crippen LogP) is 4.11. The molecule has 172 valence electrons. The van der Waals surface area contributed by atoms with Crippen LogP contribution in [0.25, 0.3) is 0 Å². The van der Waals surface area contributed by atoms with Crippen LogP contribution in [0.4, 0.5) is 4.79 Å². The van der Waals surface area contributed by atoms with Crippen molar-refractivity contribution >= 4 is 6.03 Å². The van der Waals surface area contributed by atoms with Gasteiger partial charge in [-0.25, -0.2) is 4.79 Å². The zero-order valence-corrected chi connectivity index (χ0v) is 19.2. The number of hydrogen-bond donors (Lipinski definition) is 2. The average molecular weight is 435 g/mol. The topological polar surface area (TPSA) is 47.6 Å². The fraction of sp³-hybridized carbons (Fsp3) is 0.519. The van der Waals surface area contributed by atoms with E-state index in [1.807, 2.05) is 0 Å². The van der Waals surface area contributed by atoms with E-state index in [-0.39, 0.29) is 6.03 Å². The van der Waals surface area contributed by atoms with Gasteiger partial charge in [0.2, 0.25) is 0 Å². The van der Waals surface area contributed by atoms with E-state index in [0.717, 1.165) is 52.4 Å². The van der Waals surface area contributed by atoms with E-state index in [9.17, 15) is 4.79 Å². The quantitative estimate of drug-likeness (QED) is 0.657. The first-order valence-corrected chi connectivity index (χ1v) is 12.3. The maximum Gasteiger partial charge on any atom is 0.314 e. The second-order valence-electron chi connectivity index (χ2n) is 9.55. The minimum absolute atomic E-state index is 0.00892. The van der Waals surface area contributed by atoms with E-state index in [0.29, 0.717) is 11.8 Å². The molecule has 0 spiro atoms. The minimum Gasteiger partial charge on any atom is -0.338 e. The van der Waals surface area contributed by atoms with Gasteiger partial charge in [0.25, 0.3) is 0 Å². The standard InChI is InChI=1S/C27H38N4O/c32-27(28-17-25-13-7-15-30(21-25)19-23-9-3-1-4-10-23)29-18-26-14-8-16-31(22-26)20-24-11-5-2-6-12-24/h1-6,9-12,25-26H,7-8,13-22H2,(H2,28,29,32). The predicted molar refractivity (Wildman–Crippen MR) is 130 cm³/mol. The summed E-state index contributed by atoms with van der Waals surface area (Å²) in [5, 5.41) is 6.27. The maximum atomic E-state index is 12.4. The molecule has 0 aliphatic carbocycles. The van der Waals surface area contributed by atoms with Crippen LogP contribution >= 0.6 is 0 Å². The van der Waals surface area contributed by atoms with Crippen molar-refractivity contribution in [3.63, 3.8) is 0 Å². The van der Waals surface area contributed by atoms with Crippen molar-refractivity contribution in [1.29, 1.82) is 0 Å². The summed E-state index contributed by atoms with van der Waals surface area (Å²) in [6.07, 6.45) is 4.81. The molecular weight excluding hydrogens is 396 g/mol. The van der Waals surface area contributed by atoms with Crippen LogP contribution in [0, 0.1) is 11.8 Å².